The van der Waals surface area contributed by atoms with Gasteiger partial charge >= 0.3 is 0 Å². The van der Waals surface area contributed by atoms with Crippen LogP contribution < -0.4 is 9.62 Å². The number of sulfonamides is 1. The summed E-state index contributed by atoms with van der Waals surface area (Å²) in [6.45, 7) is 3.09. The first-order chi connectivity index (χ1) is 17.6. The Morgan fingerprint density at radius 1 is 1.03 bits per heavy atom. The van der Waals surface area contributed by atoms with Crippen LogP contribution in [0.4, 0.5) is 5.69 Å². The second kappa shape index (κ2) is 12.5. The van der Waals surface area contributed by atoms with E-state index in [1.165, 1.54) is 35.8 Å². The summed E-state index contributed by atoms with van der Waals surface area (Å²) in [7, 11) is -2.61. The number of likely N-dealkylation sites (N-methyl/N-ethyl adjacent to an activating group) is 1. The maximum atomic E-state index is 13.8. The molecule has 0 aliphatic heterocycles. The average Bonchev–Trinajstić information content (AvgIpc) is 2.90. The summed E-state index contributed by atoms with van der Waals surface area (Å²) in [4.78, 5) is 28.6. The molecule has 3 aromatic rings. The maximum absolute atomic E-state index is 13.8. The van der Waals surface area contributed by atoms with Crippen LogP contribution in [0.2, 0.25) is 5.02 Å². The molecule has 0 fully saturated rings. The molecule has 0 saturated heterocycles. The first-order valence-corrected chi connectivity index (χ1v) is 14.6. The quantitative estimate of drug-likeness (QED) is 0.363. The highest BCUT2D eigenvalue weighted by molar-refractivity contribution is 7.98. The summed E-state index contributed by atoms with van der Waals surface area (Å²) >= 11 is 7.63. The van der Waals surface area contributed by atoms with Gasteiger partial charge in [0, 0.05) is 23.5 Å². The van der Waals surface area contributed by atoms with Crippen molar-refractivity contribution >= 4 is 50.9 Å². The van der Waals surface area contributed by atoms with Gasteiger partial charge in [-0.05, 0) is 74.2 Å². The Morgan fingerprint density at radius 3 is 2.24 bits per heavy atom. The molecule has 0 heterocycles. The van der Waals surface area contributed by atoms with Crippen LogP contribution in [0.3, 0.4) is 0 Å². The predicted octanol–water partition coefficient (Wildman–Crippen LogP) is 4.73. The Bertz CT molecular complexity index is 1350. The normalized spacial score (nSPS) is 12.0. The molecular formula is C27H30ClN3O4S2. The van der Waals surface area contributed by atoms with Crippen molar-refractivity contribution in [2.45, 2.75) is 36.2 Å². The smallest absolute Gasteiger partial charge is 0.264 e. The van der Waals surface area contributed by atoms with Gasteiger partial charge in [0.1, 0.15) is 12.6 Å². The third kappa shape index (κ3) is 7.06. The Balaban J connectivity index is 2.02. The zero-order valence-corrected chi connectivity index (χ0v) is 23.5. The van der Waals surface area contributed by atoms with E-state index >= 15 is 0 Å². The number of nitrogens with one attached hydrogen (secondary N) is 1. The molecule has 196 valence electrons. The van der Waals surface area contributed by atoms with Crippen molar-refractivity contribution in [3.8, 4) is 0 Å². The van der Waals surface area contributed by atoms with E-state index in [0.29, 0.717) is 16.3 Å². The number of benzene rings is 3. The van der Waals surface area contributed by atoms with Crippen molar-refractivity contribution in [3.63, 3.8) is 0 Å². The standard InChI is InChI=1S/C27H30ClN3O4S2/c1-19-8-10-23(11-9-19)31(37(34,35)25-14-12-24(36-4)13-15-25)18-26(32)30(20(2)27(33)29-3)17-21-6-5-7-22(28)16-21/h5-16,20H,17-18H2,1-4H3,(H,29,33). The number of hydrogen-bond acceptors (Lipinski definition) is 5. The lowest BCUT2D eigenvalue weighted by Crippen LogP contribution is -2.50. The number of halogens is 1. The number of rotatable bonds is 10. The molecule has 0 saturated carbocycles. The molecule has 1 atom stereocenters. The van der Waals surface area contributed by atoms with Gasteiger partial charge in [0.15, 0.2) is 0 Å². The highest BCUT2D eigenvalue weighted by atomic mass is 35.5. The summed E-state index contributed by atoms with van der Waals surface area (Å²) < 4.78 is 28.7. The summed E-state index contributed by atoms with van der Waals surface area (Å²) in [6, 6.07) is 19.6. The zero-order chi connectivity index (χ0) is 27.2. The largest absolute Gasteiger partial charge is 0.357 e. The minimum atomic E-state index is -4.10. The molecular weight excluding hydrogens is 530 g/mol. The maximum Gasteiger partial charge on any atom is 0.264 e. The number of hydrogen-bond donors (Lipinski definition) is 1. The van der Waals surface area contributed by atoms with Crippen LogP contribution in [-0.2, 0) is 26.2 Å². The summed E-state index contributed by atoms with van der Waals surface area (Å²) in [5, 5.41) is 3.06. The SMILES string of the molecule is CNC(=O)C(C)N(Cc1cccc(Cl)c1)C(=O)CN(c1ccc(C)cc1)S(=O)(=O)c1ccc(SC)cc1. The van der Waals surface area contributed by atoms with E-state index < -0.39 is 28.5 Å². The van der Waals surface area contributed by atoms with Crippen molar-refractivity contribution in [1.29, 1.82) is 0 Å². The number of carbonyl (C=O) groups excluding carboxylic acids is 2. The molecule has 1 unspecified atom stereocenters. The van der Waals surface area contributed by atoms with Gasteiger partial charge in [0.2, 0.25) is 11.8 Å². The molecule has 3 rings (SSSR count). The molecule has 0 spiro atoms. The van der Waals surface area contributed by atoms with Gasteiger partial charge in [-0.15, -0.1) is 11.8 Å². The van der Waals surface area contributed by atoms with Crippen LogP contribution in [0.25, 0.3) is 0 Å². The van der Waals surface area contributed by atoms with Gasteiger partial charge in [-0.25, -0.2) is 8.42 Å². The lowest BCUT2D eigenvalue weighted by atomic mass is 10.1. The lowest BCUT2D eigenvalue weighted by Gasteiger charge is -2.31. The predicted molar refractivity (Wildman–Crippen MR) is 149 cm³/mol. The number of anilines is 1. The molecule has 3 aromatic carbocycles. The molecule has 2 amide bonds. The van der Waals surface area contributed by atoms with Crippen molar-refractivity contribution in [2.24, 2.45) is 0 Å². The van der Waals surface area contributed by atoms with Crippen molar-refractivity contribution in [2.75, 3.05) is 24.2 Å². The lowest BCUT2D eigenvalue weighted by molar-refractivity contribution is -0.139. The molecule has 0 aliphatic carbocycles. The van der Waals surface area contributed by atoms with Crippen LogP contribution >= 0.6 is 23.4 Å². The summed E-state index contributed by atoms with van der Waals surface area (Å²) in [5.74, 6) is -0.895. The third-order valence-electron chi connectivity index (χ3n) is 5.90. The Morgan fingerprint density at radius 2 is 1.68 bits per heavy atom. The summed E-state index contributed by atoms with van der Waals surface area (Å²) in [6.07, 6.45) is 1.91. The fourth-order valence-corrected chi connectivity index (χ4v) is 5.77. The molecule has 0 bridgehead atoms. The first-order valence-electron chi connectivity index (χ1n) is 11.6. The molecule has 0 aromatic heterocycles. The highest BCUT2D eigenvalue weighted by Crippen LogP contribution is 2.26. The average molecular weight is 560 g/mol. The van der Waals surface area contributed by atoms with Crippen molar-refractivity contribution < 1.29 is 18.0 Å². The molecule has 0 radical (unpaired) electrons. The van der Waals surface area contributed by atoms with E-state index in [0.717, 1.165) is 14.8 Å². The molecule has 0 aliphatic rings. The van der Waals surface area contributed by atoms with Crippen LogP contribution in [0.15, 0.2) is 82.6 Å². The number of nitrogens with zero attached hydrogens (tertiary/aromatic N) is 2. The van der Waals surface area contributed by atoms with E-state index in [1.807, 2.05) is 13.2 Å². The van der Waals surface area contributed by atoms with Crippen LogP contribution in [0.1, 0.15) is 18.1 Å². The third-order valence-corrected chi connectivity index (χ3v) is 8.67. The van der Waals surface area contributed by atoms with Gasteiger partial charge in [0.05, 0.1) is 10.6 Å². The first kappa shape index (κ1) is 28.6. The zero-order valence-electron chi connectivity index (χ0n) is 21.1. The Kier molecular flexibility index (Phi) is 9.64. The molecule has 10 heteroatoms. The van der Waals surface area contributed by atoms with E-state index in [4.69, 9.17) is 11.6 Å². The van der Waals surface area contributed by atoms with E-state index in [2.05, 4.69) is 5.32 Å². The van der Waals surface area contributed by atoms with Gasteiger partial charge in [0.25, 0.3) is 10.0 Å². The minimum absolute atomic E-state index is 0.0689. The van der Waals surface area contributed by atoms with E-state index in [9.17, 15) is 18.0 Å². The fourth-order valence-electron chi connectivity index (χ4n) is 3.74. The number of carbonyl (C=O) groups is 2. The highest BCUT2D eigenvalue weighted by Gasteiger charge is 2.32. The van der Waals surface area contributed by atoms with Crippen molar-refractivity contribution in [1.82, 2.24) is 10.2 Å². The van der Waals surface area contributed by atoms with Crippen LogP contribution in [0, 0.1) is 6.92 Å². The van der Waals surface area contributed by atoms with Gasteiger partial charge in [-0.2, -0.15) is 0 Å². The number of thioether (sulfide) groups is 1. The Hall–Kier alpha value is -3.01. The summed E-state index contributed by atoms with van der Waals surface area (Å²) in [5.41, 5.74) is 2.02. The van der Waals surface area contributed by atoms with Crippen LogP contribution in [-0.4, -0.2) is 51.0 Å². The van der Waals surface area contributed by atoms with Crippen LogP contribution in [0.5, 0.6) is 0 Å². The van der Waals surface area contributed by atoms with Gasteiger partial charge in [-0.1, -0.05) is 41.4 Å². The number of amides is 2. The minimum Gasteiger partial charge on any atom is -0.357 e. The molecule has 1 N–H and O–H groups in total. The molecule has 7 nitrogen and oxygen atoms in total. The monoisotopic (exact) mass is 559 g/mol. The van der Waals surface area contributed by atoms with E-state index in [-0.39, 0.29) is 17.3 Å². The van der Waals surface area contributed by atoms with Gasteiger partial charge in [-0.3, -0.25) is 13.9 Å². The van der Waals surface area contributed by atoms with E-state index in [1.54, 1.807) is 67.6 Å². The molecule has 37 heavy (non-hydrogen) atoms. The Labute approximate surface area is 227 Å². The topological polar surface area (TPSA) is 86.8 Å². The second-order valence-corrected chi connectivity index (χ2v) is 11.6. The number of aryl methyl sites for hydroxylation is 1. The fraction of sp³-hybridized carbons (Fsp3) is 0.259. The second-order valence-electron chi connectivity index (χ2n) is 8.46. The van der Waals surface area contributed by atoms with Gasteiger partial charge < -0.3 is 10.2 Å². The van der Waals surface area contributed by atoms with Crippen molar-refractivity contribution in [3.05, 3.63) is 88.9 Å².